The van der Waals surface area contributed by atoms with Gasteiger partial charge in [0.1, 0.15) is 0 Å². The zero-order valence-corrected chi connectivity index (χ0v) is 14.6. The van der Waals surface area contributed by atoms with Crippen LogP contribution in [0.15, 0.2) is 24.3 Å². The molecule has 1 fully saturated rings. The Morgan fingerprint density at radius 1 is 1.38 bits per heavy atom. The van der Waals surface area contributed by atoms with E-state index >= 15 is 0 Å². The molecule has 1 atom stereocenters. The maximum absolute atomic E-state index is 12.6. The van der Waals surface area contributed by atoms with Crippen molar-refractivity contribution in [3.05, 3.63) is 29.8 Å². The monoisotopic (exact) mass is 354 g/mol. The van der Waals surface area contributed by atoms with Crippen LogP contribution in [-0.4, -0.2) is 51.1 Å². The molecule has 1 aromatic carbocycles. The van der Waals surface area contributed by atoms with Gasteiger partial charge >= 0.3 is 5.97 Å². The third kappa shape index (κ3) is 4.95. The van der Waals surface area contributed by atoms with E-state index in [1.165, 1.54) is 6.07 Å². The van der Waals surface area contributed by atoms with E-state index in [4.69, 9.17) is 4.74 Å². The smallest absolute Gasteiger partial charge is 0.310 e. The Hall–Kier alpha value is -2.09. The van der Waals surface area contributed by atoms with E-state index in [0.29, 0.717) is 37.4 Å². The lowest BCUT2D eigenvalue weighted by Crippen LogP contribution is -2.42. The van der Waals surface area contributed by atoms with Crippen LogP contribution in [0.3, 0.4) is 0 Å². The quantitative estimate of drug-likeness (QED) is 0.809. The van der Waals surface area contributed by atoms with E-state index in [-0.39, 0.29) is 17.8 Å². The second-order valence-corrected chi connectivity index (χ2v) is 7.55. The Morgan fingerprint density at radius 2 is 2.12 bits per heavy atom. The summed E-state index contributed by atoms with van der Waals surface area (Å²) in [5.74, 6) is -0.802. The van der Waals surface area contributed by atoms with Gasteiger partial charge in [-0.05, 0) is 38.0 Å². The Balaban J connectivity index is 2.10. The number of esters is 1. The van der Waals surface area contributed by atoms with Gasteiger partial charge in [-0.25, -0.2) is 8.42 Å². The van der Waals surface area contributed by atoms with Gasteiger partial charge in [-0.2, -0.15) is 0 Å². The molecule has 1 amide bonds. The number of anilines is 1. The molecule has 1 aromatic rings. The predicted molar refractivity (Wildman–Crippen MR) is 90.2 cm³/mol. The molecule has 0 bridgehead atoms. The molecule has 1 unspecified atom stereocenters. The van der Waals surface area contributed by atoms with Gasteiger partial charge in [0, 0.05) is 24.3 Å². The number of sulfonamides is 1. The average Bonchev–Trinajstić information content (AvgIpc) is 2.53. The SMILES string of the molecule is CCOC(=O)C1CCCN(C(=O)c2cccc(NS(C)(=O)=O)c2)C1. The van der Waals surface area contributed by atoms with Crippen molar-refractivity contribution >= 4 is 27.6 Å². The zero-order chi connectivity index (χ0) is 17.7. The summed E-state index contributed by atoms with van der Waals surface area (Å²) in [6, 6.07) is 6.32. The van der Waals surface area contributed by atoms with Crippen molar-refractivity contribution in [2.24, 2.45) is 5.92 Å². The van der Waals surface area contributed by atoms with Crippen molar-refractivity contribution < 1.29 is 22.7 Å². The van der Waals surface area contributed by atoms with Gasteiger partial charge in [0.2, 0.25) is 10.0 Å². The molecule has 24 heavy (non-hydrogen) atoms. The number of carbonyl (C=O) groups is 2. The highest BCUT2D eigenvalue weighted by Crippen LogP contribution is 2.21. The minimum atomic E-state index is -3.41. The molecule has 7 nitrogen and oxygen atoms in total. The number of ether oxygens (including phenoxy) is 1. The van der Waals surface area contributed by atoms with E-state index in [9.17, 15) is 18.0 Å². The summed E-state index contributed by atoms with van der Waals surface area (Å²) in [5.41, 5.74) is 0.718. The van der Waals surface area contributed by atoms with Crippen molar-refractivity contribution in [2.45, 2.75) is 19.8 Å². The molecule has 0 aliphatic carbocycles. The number of amides is 1. The van der Waals surface area contributed by atoms with Crippen LogP contribution < -0.4 is 4.72 Å². The number of hydrogen-bond acceptors (Lipinski definition) is 5. The van der Waals surface area contributed by atoms with Crippen LogP contribution in [0.5, 0.6) is 0 Å². The van der Waals surface area contributed by atoms with Gasteiger partial charge in [-0.15, -0.1) is 0 Å². The van der Waals surface area contributed by atoms with E-state index in [0.717, 1.165) is 12.7 Å². The number of hydrogen-bond donors (Lipinski definition) is 1. The van der Waals surface area contributed by atoms with Crippen molar-refractivity contribution in [2.75, 3.05) is 30.7 Å². The Kier molecular flexibility index (Phi) is 5.82. The first-order chi connectivity index (χ1) is 11.3. The lowest BCUT2D eigenvalue weighted by atomic mass is 9.97. The Labute approximate surface area is 142 Å². The van der Waals surface area contributed by atoms with Crippen molar-refractivity contribution in [3.63, 3.8) is 0 Å². The number of nitrogens with one attached hydrogen (secondary N) is 1. The predicted octanol–water partition coefficient (Wildman–Crippen LogP) is 1.47. The third-order valence-electron chi connectivity index (χ3n) is 3.74. The lowest BCUT2D eigenvalue weighted by molar-refractivity contribution is -0.149. The summed E-state index contributed by atoms with van der Waals surface area (Å²) in [5, 5.41) is 0. The summed E-state index contributed by atoms with van der Waals surface area (Å²) >= 11 is 0. The van der Waals surface area contributed by atoms with Crippen LogP contribution in [0.1, 0.15) is 30.1 Å². The molecular weight excluding hydrogens is 332 g/mol. The van der Waals surface area contributed by atoms with E-state index in [2.05, 4.69) is 4.72 Å². The molecule has 1 heterocycles. The maximum Gasteiger partial charge on any atom is 0.310 e. The molecule has 132 valence electrons. The topological polar surface area (TPSA) is 92.8 Å². The Bertz CT molecular complexity index is 717. The minimum absolute atomic E-state index is 0.221. The number of benzene rings is 1. The number of piperidine rings is 1. The van der Waals surface area contributed by atoms with Gasteiger partial charge in [0.15, 0.2) is 0 Å². The molecule has 1 N–H and O–H groups in total. The van der Waals surface area contributed by atoms with Gasteiger partial charge < -0.3 is 9.64 Å². The van der Waals surface area contributed by atoms with Crippen LogP contribution >= 0.6 is 0 Å². The number of carbonyl (C=O) groups excluding carboxylic acids is 2. The first-order valence-corrected chi connectivity index (χ1v) is 9.73. The van der Waals surface area contributed by atoms with E-state index < -0.39 is 10.0 Å². The number of likely N-dealkylation sites (tertiary alicyclic amines) is 1. The molecule has 0 radical (unpaired) electrons. The molecule has 1 aliphatic rings. The standard InChI is InChI=1S/C16H22N2O5S/c1-3-23-16(20)13-7-5-9-18(11-13)15(19)12-6-4-8-14(10-12)17-24(2,21)22/h4,6,8,10,13,17H,3,5,7,9,11H2,1-2H3. The largest absolute Gasteiger partial charge is 0.466 e. The van der Waals surface area contributed by atoms with E-state index in [1.807, 2.05) is 0 Å². The normalized spacial score (nSPS) is 18.1. The van der Waals surface area contributed by atoms with Crippen LogP contribution in [0.25, 0.3) is 0 Å². The summed E-state index contributed by atoms with van der Waals surface area (Å²) in [4.78, 5) is 26.1. The molecular formula is C16H22N2O5S. The van der Waals surface area contributed by atoms with Crippen LogP contribution in [0.4, 0.5) is 5.69 Å². The maximum atomic E-state index is 12.6. The van der Waals surface area contributed by atoms with Crippen molar-refractivity contribution in [1.29, 1.82) is 0 Å². The fourth-order valence-electron chi connectivity index (χ4n) is 2.73. The lowest BCUT2D eigenvalue weighted by Gasteiger charge is -2.31. The highest BCUT2D eigenvalue weighted by molar-refractivity contribution is 7.92. The van der Waals surface area contributed by atoms with Gasteiger partial charge in [-0.1, -0.05) is 6.07 Å². The second-order valence-electron chi connectivity index (χ2n) is 5.80. The fourth-order valence-corrected chi connectivity index (χ4v) is 3.28. The molecule has 2 rings (SSSR count). The fraction of sp³-hybridized carbons (Fsp3) is 0.500. The molecule has 1 aliphatic heterocycles. The van der Waals surface area contributed by atoms with Crippen molar-refractivity contribution in [3.8, 4) is 0 Å². The minimum Gasteiger partial charge on any atom is -0.466 e. The third-order valence-corrected chi connectivity index (χ3v) is 4.35. The summed E-state index contributed by atoms with van der Waals surface area (Å²) in [7, 11) is -3.41. The highest BCUT2D eigenvalue weighted by atomic mass is 32.2. The van der Waals surface area contributed by atoms with Crippen molar-refractivity contribution in [1.82, 2.24) is 4.90 Å². The summed E-state index contributed by atoms with van der Waals surface area (Å²) in [6.45, 7) is 2.96. The highest BCUT2D eigenvalue weighted by Gasteiger charge is 2.29. The second kappa shape index (κ2) is 7.65. The summed E-state index contributed by atoms with van der Waals surface area (Å²) in [6.07, 6.45) is 2.49. The number of rotatable bonds is 5. The Morgan fingerprint density at radius 3 is 2.79 bits per heavy atom. The van der Waals surface area contributed by atoms with Crippen LogP contribution in [0.2, 0.25) is 0 Å². The number of nitrogens with zero attached hydrogens (tertiary/aromatic N) is 1. The first kappa shape index (κ1) is 18.3. The van der Waals surface area contributed by atoms with Gasteiger partial charge in [0.25, 0.3) is 5.91 Å². The average molecular weight is 354 g/mol. The molecule has 0 spiro atoms. The van der Waals surface area contributed by atoms with Crippen LogP contribution in [0, 0.1) is 5.92 Å². The molecule has 0 saturated carbocycles. The zero-order valence-electron chi connectivity index (χ0n) is 13.8. The molecule has 0 aromatic heterocycles. The molecule has 8 heteroatoms. The van der Waals surface area contributed by atoms with Gasteiger partial charge in [0.05, 0.1) is 18.8 Å². The van der Waals surface area contributed by atoms with E-state index in [1.54, 1.807) is 30.0 Å². The molecule has 1 saturated heterocycles. The van der Waals surface area contributed by atoms with Crippen LogP contribution in [-0.2, 0) is 19.6 Å². The van der Waals surface area contributed by atoms with Gasteiger partial charge in [-0.3, -0.25) is 14.3 Å². The first-order valence-electron chi connectivity index (χ1n) is 7.84. The summed E-state index contributed by atoms with van der Waals surface area (Å²) < 4.78 is 30.0.